The summed E-state index contributed by atoms with van der Waals surface area (Å²) < 4.78 is 0. The summed E-state index contributed by atoms with van der Waals surface area (Å²) in [7, 11) is 8.32. The average molecular weight is 407 g/mol. The molecule has 4 aromatic carbocycles. The maximum Gasteiger partial charge on any atom is 0.0361 e. The fourth-order valence-corrected chi connectivity index (χ4v) is 4.11. The molecule has 156 valence electrons. The van der Waals surface area contributed by atoms with Gasteiger partial charge in [-0.2, -0.15) is 0 Å². The molecule has 4 rings (SSSR count). The minimum absolute atomic E-state index is 0.156. The van der Waals surface area contributed by atoms with Gasteiger partial charge in [0.15, 0.2) is 0 Å². The summed E-state index contributed by atoms with van der Waals surface area (Å²) in [6.07, 6.45) is 0. The zero-order valence-electron chi connectivity index (χ0n) is 18.8. The number of hydrogen-bond donors (Lipinski definition) is 0. The minimum Gasteiger partial charge on any atom is -0.378 e. The van der Waals surface area contributed by atoms with Gasteiger partial charge in [-0.15, -0.1) is 0 Å². The lowest BCUT2D eigenvalue weighted by Gasteiger charge is -2.24. The van der Waals surface area contributed by atoms with Crippen LogP contribution in [0.2, 0.25) is 0 Å². The van der Waals surface area contributed by atoms with E-state index in [9.17, 15) is 0 Å². The molecular formula is C29H30N2. The highest BCUT2D eigenvalue weighted by molar-refractivity contribution is 5.70. The Bertz CT molecular complexity index is 1060. The minimum atomic E-state index is 0.156. The third kappa shape index (κ3) is 4.49. The van der Waals surface area contributed by atoms with Gasteiger partial charge in [0.05, 0.1) is 0 Å². The molecule has 0 saturated carbocycles. The first-order valence-electron chi connectivity index (χ1n) is 10.7. The monoisotopic (exact) mass is 406 g/mol. The quantitative estimate of drug-likeness (QED) is 0.330. The summed E-state index contributed by atoms with van der Waals surface area (Å²) in [6, 6.07) is 37.4. The molecule has 0 amide bonds. The van der Waals surface area contributed by atoms with Crippen molar-refractivity contribution in [2.75, 3.05) is 38.0 Å². The summed E-state index contributed by atoms with van der Waals surface area (Å²) >= 11 is 0. The first-order valence-corrected chi connectivity index (χ1v) is 10.7. The van der Waals surface area contributed by atoms with Gasteiger partial charge in [-0.25, -0.2) is 0 Å². The largest absolute Gasteiger partial charge is 0.378 e. The van der Waals surface area contributed by atoms with Crippen molar-refractivity contribution in [1.82, 2.24) is 0 Å². The molecule has 0 atom stereocenters. The number of nitrogens with zero attached hydrogens (tertiary/aromatic N) is 2. The summed E-state index contributed by atoms with van der Waals surface area (Å²) in [6.45, 7) is 0. The van der Waals surface area contributed by atoms with Gasteiger partial charge in [0.25, 0.3) is 0 Å². The Morgan fingerprint density at radius 1 is 0.484 bits per heavy atom. The fourth-order valence-electron chi connectivity index (χ4n) is 4.11. The van der Waals surface area contributed by atoms with Crippen LogP contribution in [0.3, 0.4) is 0 Å². The van der Waals surface area contributed by atoms with Crippen LogP contribution in [0.4, 0.5) is 11.4 Å². The maximum atomic E-state index is 2.27. The van der Waals surface area contributed by atoms with Gasteiger partial charge in [-0.1, -0.05) is 78.9 Å². The predicted molar refractivity (Wildman–Crippen MR) is 134 cm³/mol. The van der Waals surface area contributed by atoms with Gasteiger partial charge in [0.1, 0.15) is 0 Å². The topological polar surface area (TPSA) is 6.48 Å². The molecule has 0 aliphatic heterocycles. The van der Waals surface area contributed by atoms with Crippen LogP contribution >= 0.6 is 0 Å². The Morgan fingerprint density at radius 3 is 1.42 bits per heavy atom. The summed E-state index contributed by atoms with van der Waals surface area (Å²) in [5.74, 6) is 0.156. The van der Waals surface area contributed by atoms with Crippen LogP contribution in [0.15, 0.2) is 103 Å². The standard InChI is InChI=1S/C29H30N2/c1-30(2)25-18-14-23(15-19-25)29(24-16-20-26(21-17-24)31(3)4)28-13-9-8-12-27(28)22-10-6-5-7-11-22/h5-21,29H,1-4H3. The van der Waals surface area contributed by atoms with E-state index in [1.165, 1.54) is 39.2 Å². The number of anilines is 2. The molecule has 0 aliphatic rings. The van der Waals surface area contributed by atoms with Crippen LogP contribution < -0.4 is 9.80 Å². The Kier molecular flexibility index (Phi) is 6.08. The molecule has 0 unspecified atom stereocenters. The summed E-state index contributed by atoms with van der Waals surface area (Å²) in [5.41, 5.74) is 8.87. The van der Waals surface area contributed by atoms with E-state index in [2.05, 4.69) is 141 Å². The second kappa shape index (κ2) is 9.09. The van der Waals surface area contributed by atoms with E-state index < -0.39 is 0 Å². The van der Waals surface area contributed by atoms with Crippen molar-refractivity contribution < 1.29 is 0 Å². The normalized spacial score (nSPS) is 10.9. The van der Waals surface area contributed by atoms with E-state index in [0.29, 0.717) is 0 Å². The molecule has 0 heterocycles. The Balaban J connectivity index is 1.87. The molecule has 0 saturated heterocycles. The van der Waals surface area contributed by atoms with Gasteiger partial charge < -0.3 is 9.80 Å². The smallest absolute Gasteiger partial charge is 0.0361 e. The first kappa shape index (κ1) is 20.7. The Morgan fingerprint density at radius 2 is 0.935 bits per heavy atom. The van der Waals surface area contributed by atoms with E-state index >= 15 is 0 Å². The van der Waals surface area contributed by atoms with Crippen LogP contribution in [0.25, 0.3) is 11.1 Å². The molecular weight excluding hydrogens is 376 g/mol. The fraction of sp³-hybridized carbons (Fsp3) is 0.172. The third-order valence-electron chi connectivity index (χ3n) is 5.84. The highest BCUT2D eigenvalue weighted by Gasteiger charge is 2.20. The van der Waals surface area contributed by atoms with Crippen LogP contribution in [0, 0.1) is 0 Å². The Labute approximate surface area is 186 Å². The molecule has 0 N–H and O–H groups in total. The van der Waals surface area contributed by atoms with Crippen molar-refractivity contribution >= 4 is 11.4 Å². The summed E-state index contributed by atoms with van der Waals surface area (Å²) in [5, 5.41) is 0. The third-order valence-corrected chi connectivity index (χ3v) is 5.84. The average Bonchev–Trinajstić information content (AvgIpc) is 2.81. The highest BCUT2D eigenvalue weighted by Crippen LogP contribution is 2.38. The van der Waals surface area contributed by atoms with Gasteiger partial charge in [0.2, 0.25) is 0 Å². The van der Waals surface area contributed by atoms with E-state index in [-0.39, 0.29) is 5.92 Å². The van der Waals surface area contributed by atoms with Gasteiger partial charge in [0, 0.05) is 45.5 Å². The van der Waals surface area contributed by atoms with Crippen LogP contribution in [0.1, 0.15) is 22.6 Å². The molecule has 4 aromatic rings. The van der Waals surface area contributed by atoms with E-state index in [1.54, 1.807) is 0 Å². The molecule has 0 aromatic heterocycles. The lowest BCUT2D eigenvalue weighted by molar-refractivity contribution is 0.975. The second-order valence-electron chi connectivity index (χ2n) is 8.36. The SMILES string of the molecule is CN(C)c1ccc(C(c2ccc(N(C)C)cc2)c2ccccc2-c2ccccc2)cc1. The molecule has 31 heavy (non-hydrogen) atoms. The molecule has 0 fully saturated rings. The predicted octanol–water partition coefficient (Wildman–Crippen LogP) is 6.67. The maximum absolute atomic E-state index is 2.27. The van der Waals surface area contributed by atoms with E-state index in [0.717, 1.165) is 0 Å². The second-order valence-corrected chi connectivity index (χ2v) is 8.36. The van der Waals surface area contributed by atoms with Crippen molar-refractivity contribution in [3.05, 3.63) is 120 Å². The van der Waals surface area contributed by atoms with Crippen LogP contribution in [-0.2, 0) is 0 Å². The number of hydrogen-bond acceptors (Lipinski definition) is 2. The van der Waals surface area contributed by atoms with Crippen LogP contribution in [-0.4, -0.2) is 28.2 Å². The number of benzene rings is 4. The summed E-state index contributed by atoms with van der Waals surface area (Å²) in [4.78, 5) is 4.28. The van der Waals surface area contributed by atoms with Crippen molar-refractivity contribution in [2.24, 2.45) is 0 Å². The highest BCUT2D eigenvalue weighted by atomic mass is 15.1. The Hall–Kier alpha value is -3.52. The van der Waals surface area contributed by atoms with Crippen molar-refractivity contribution in [3.8, 4) is 11.1 Å². The van der Waals surface area contributed by atoms with Crippen molar-refractivity contribution in [1.29, 1.82) is 0 Å². The zero-order valence-corrected chi connectivity index (χ0v) is 18.8. The van der Waals surface area contributed by atoms with E-state index in [4.69, 9.17) is 0 Å². The molecule has 0 spiro atoms. The lowest BCUT2D eigenvalue weighted by Crippen LogP contribution is -2.10. The van der Waals surface area contributed by atoms with E-state index in [1.807, 2.05) is 0 Å². The molecule has 2 heteroatoms. The lowest BCUT2D eigenvalue weighted by atomic mass is 9.81. The molecule has 0 aliphatic carbocycles. The van der Waals surface area contributed by atoms with Gasteiger partial charge in [-0.05, 0) is 52.1 Å². The molecule has 0 bridgehead atoms. The molecule has 0 radical (unpaired) electrons. The first-order chi connectivity index (χ1) is 15.0. The zero-order chi connectivity index (χ0) is 21.8. The van der Waals surface area contributed by atoms with Gasteiger partial charge in [-0.3, -0.25) is 0 Å². The molecule has 2 nitrogen and oxygen atoms in total. The number of rotatable bonds is 6. The van der Waals surface area contributed by atoms with Crippen molar-refractivity contribution in [3.63, 3.8) is 0 Å². The van der Waals surface area contributed by atoms with Gasteiger partial charge >= 0.3 is 0 Å². The van der Waals surface area contributed by atoms with Crippen LogP contribution in [0.5, 0.6) is 0 Å². The van der Waals surface area contributed by atoms with Crippen molar-refractivity contribution in [2.45, 2.75) is 5.92 Å².